The minimum atomic E-state index is -1.16. The van der Waals surface area contributed by atoms with E-state index in [4.69, 9.17) is 10.2 Å². The SMILES string of the molecule is CCCC(C)(CCC)C(O)O. The molecule has 0 aliphatic rings. The molecule has 0 fully saturated rings. The topological polar surface area (TPSA) is 40.5 Å². The summed E-state index contributed by atoms with van der Waals surface area (Å²) in [6.45, 7) is 6.07. The van der Waals surface area contributed by atoms with Crippen LogP contribution in [0.1, 0.15) is 46.5 Å². The summed E-state index contributed by atoms with van der Waals surface area (Å²) in [4.78, 5) is 0. The minimum Gasteiger partial charge on any atom is -0.368 e. The van der Waals surface area contributed by atoms with Crippen molar-refractivity contribution >= 4 is 0 Å². The number of aliphatic hydroxyl groups excluding tert-OH is 1. The molecule has 2 nitrogen and oxygen atoms in total. The molecule has 0 aliphatic carbocycles. The highest BCUT2D eigenvalue weighted by atomic mass is 16.5. The molecule has 2 heteroatoms. The van der Waals surface area contributed by atoms with Crippen LogP contribution in [0.4, 0.5) is 0 Å². The Labute approximate surface area is 69.2 Å². The molecule has 0 atom stereocenters. The van der Waals surface area contributed by atoms with Crippen LogP contribution in [0.2, 0.25) is 0 Å². The highest BCUT2D eigenvalue weighted by molar-refractivity contribution is 4.74. The lowest BCUT2D eigenvalue weighted by Gasteiger charge is -2.30. The minimum absolute atomic E-state index is 0.288. The molecule has 0 amide bonds. The third-order valence-electron chi connectivity index (χ3n) is 2.27. The quantitative estimate of drug-likeness (QED) is 0.603. The van der Waals surface area contributed by atoms with E-state index in [1.807, 2.05) is 6.92 Å². The normalized spacial score (nSPS) is 12.5. The van der Waals surface area contributed by atoms with Gasteiger partial charge in [-0.3, -0.25) is 0 Å². The summed E-state index contributed by atoms with van der Waals surface area (Å²) in [5.41, 5.74) is -0.288. The molecule has 0 aromatic heterocycles. The van der Waals surface area contributed by atoms with Crippen molar-refractivity contribution < 1.29 is 10.2 Å². The van der Waals surface area contributed by atoms with Crippen molar-refractivity contribution in [3.63, 3.8) is 0 Å². The molecule has 0 saturated carbocycles. The second kappa shape index (κ2) is 4.73. The van der Waals surface area contributed by atoms with E-state index in [0.29, 0.717) is 0 Å². The molecule has 0 rings (SSSR count). The summed E-state index contributed by atoms with van der Waals surface area (Å²) in [5, 5.41) is 18.2. The van der Waals surface area contributed by atoms with Gasteiger partial charge in [-0.2, -0.15) is 0 Å². The molecule has 0 spiro atoms. The maximum Gasteiger partial charge on any atom is 0.156 e. The van der Waals surface area contributed by atoms with Gasteiger partial charge in [0, 0.05) is 5.41 Å². The summed E-state index contributed by atoms with van der Waals surface area (Å²) in [6.07, 6.45) is 2.63. The first-order chi connectivity index (χ1) is 5.06. The van der Waals surface area contributed by atoms with Crippen LogP contribution in [-0.2, 0) is 0 Å². The van der Waals surface area contributed by atoms with Gasteiger partial charge in [0.25, 0.3) is 0 Å². The van der Waals surface area contributed by atoms with Crippen LogP contribution in [0, 0.1) is 5.41 Å². The molecule has 0 aromatic carbocycles. The first-order valence-corrected chi connectivity index (χ1v) is 4.43. The van der Waals surface area contributed by atoms with Gasteiger partial charge in [0.15, 0.2) is 6.29 Å². The van der Waals surface area contributed by atoms with Crippen LogP contribution >= 0.6 is 0 Å². The molecular weight excluding hydrogens is 140 g/mol. The molecule has 68 valence electrons. The Morgan fingerprint density at radius 3 is 1.64 bits per heavy atom. The Balaban J connectivity index is 4.01. The van der Waals surface area contributed by atoms with Crippen LogP contribution in [0.5, 0.6) is 0 Å². The van der Waals surface area contributed by atoms with E-state index in [2.05, 4.69) is 13.8 Å². The molecule has 2 N–H and O–H groups in total. The Morgan fingerprint density at radius 1 is 1.09 bits per heavy atom. The first-order valence-electron chi connectivity index (χ1n) is 4.43. The number of hydrogen-bond donors (Lipinski definition) is 2. The lowest BCUT2D eigenvalue weighted by molar-refractivity contribution is -0.135. The van der Waals surface area contributed by atoms with E-state index in [-0.39, 0.29) is 5.41 Å². The number of hydrogen-bond acceptors (Lipinski definition) is 2. The van der Waals surface area contributed by atoms with E-state index in [1.54, 1.807) is 0 Å². The van der Waals surface area contributed by atoms with E-state index in [1.165, 1.54) is 0 Å². The fourth-order valence-corrected chi connectivity index (χ4v) is 1.53. The monoisotopic (exact) mass is 160 g/mol. The van der Waals surface area contributed by atoms with Crippen molar-refractivity contribution in [1.82, 2.24) is 0 Å². The second-order valence-corrected chi connectivity index (χ2v) is 3.53. The third kappa shape index (κ3) is 3.21. The predicted molar refractivity (Wildman–Crippen MR) is 46.1 cm³/mol. The molecule has 0 aromatic rings. The lowest BCUT2D eigenvalue weighted by Crippen LogP contribution is -2.31. The van der Waals surface area contributed by atoms with Crippen LogP contribution in [0.25, 0.3) is 0 Å². The Bertz CT molecular complexity index is 93.7. The summed E-state index contributed by atoms with van der Waals surface area (Å²) < 4.78 is 0. The van der Waals surface area contributed by atoms with Gasteiger partial charge in [0.1, 0.15) is 0 Å². The predicted octanol–water partition coefficient (Wildman–Crippen LogP) is 1.90. The molecule has 0 bridgehead atoms. The molecule has 0 saturated heterocycles. The van der Waals surface area contributed by atoms with Gasteiger partial charge < -0.3 is 10.2 Å². The summed E-state index contributed by atoms with van der Waals surface area (Å²) >= 11 is 0. The highest BCUT2D eigenvalue weighted by Crippen LogP contribution is 2.31. The van der Waals surface area contributed by atoms with Crippen LogP contribution in [-0.4, -0.2) is 16.5 Å². The zero-order valence-electron chi connectivity index (χ0n) is 7.80. The molecular formula is C9H20O2. The number of rotatable bonds is 5. The van der Waals surface area contributed by atoms with Crippen molar-refractivity contribution in [2.24, 2.45) is 5.41 Å². The average Bonchev–Trinajstić information content (AvgIpc) is 1.88. The van der Waals surface area contributed by atoms with Gasteiger partial charge in [0.2, 0.25) is 0 Å². The highest BCUT2D eigenvalue weighted by Gasteiger charge is 2.29. The molecule has 0 unspecified atom stereocenters. The van der Waals surface area contributed by atoms with E-state index < -0.39 is 6.29 Å². The van der Waals surface area contributed by atoms with Gasteiger partial charge in [0.05, 0.1) is 0 Å². The molecule has 0 aliphatic heterocycles. The van der Waals surface area contributed by atoms with Gasteiger partial charge in [-0.05, 0) is 12.8 Å². The maximum absolute atomic E-state index is 9.09. The fourth-order valence-electron chi connectivity index (χ4n) is 1.53. The average molecular weight is 160 g/mol. The first kappa shape index (κ1) is 10.9. The van der Waals surface area contributed by atoms with Gasteiger partial charge in [-0.15, -0.1) is 0 Å². The smallest absolute Gasteiger partial charge is 0.156 e. The number of aliphatic hydroxyl groups is 2. The maximum atomic E-state index is 9.09. The van der Waals surface area contributed by atoms with E-state index >= 15 is 0 Å². The van der Waals surface area contributed by atoms with Crippen molar-refractivity contribution in [1.29, 1.82) is 0 Å². The standard InChI is InChI=1S/C9H20O2/c1-4-6-9(3,7-5-2)8(10)11/h8,10-11H,4-7H2,1-3H3. The molecule has 0 heterocycles. The zero-order chi connectivity index (χ0) is 8.91. The zero-order valence-corrected chi connectivity index (χ0v) is 7.80. The van der Waals surface area contributed by atoms with Gasteiger partial charge >= 0.3 is 0 Å². The molecule has 11 heavy (non-hydrogen) atoms. The summed E-state index contributed by atoms with van der Waals surface area (Å²) in [7, 11) is 0. The van der Waals surface area contributed by atoms with Gasteiger partial charge in [-0.1, -0.05) is 33.6 Å². The largest absolute Gasteiger partial charge is 0.368 e. The Hall–Kier alpha value is -0.0800. The summed E-state index contributed by atoms with van der Waals surface area (Å²) in [6, 6.07) is 0. The van der Waals surface area contributed by atoms with Crippen LogP contribution < -0.4 is 0 Å². The van der Waals surface area contributed by atoms with Gasteiger partial charge in [-0.25, -0.2) is 0 Å². The van der Waals surface area contributed by atoms with E-state index in [9.17, 15) is 0 Å². The van der Waals surface area contributed by atoms with Crippen molar-refractivity contribution in [2.75, 3.05) is 0 Å². The Kier molecular flexibility index (Phi) is 4.69. The van der Waals surface area contributed by atoms with Crippen LogP contribution in [0.3, 0.4) is 0 Å². The van der Waals surface area contributed by atoms with Crippen molar-refractivity contribution in [3.05, 3.63) is 0 Å². The Morgan fingerprint density at radius 2 is 1.45 bits per heavy atom. The summed E-state index contributed by atoms with van der Waals surface area (Å²) in [5.74, 6) is 0. The van der Waals surface area contributed by atoms with Crippen molar-refractivity contribution in [3.8, 4) is 0 Å². The van der Waals surface area contributed by atoms with Crippen molar-refractivity contribution in [2.45, 2.75) is 52.7 Å². The fraction of sp³-hybridized carbons (Fsp3) is 1.00. The van der Waals surface area contributed by atoms with Crippen LogP contribution in [0.15, 0.2) is 0 Å². The second-order valence-electron chi connectivity index (χ2n) is 3.53. The van der Waals surface area contributed by atoms with E-state index in [0.717, 1.165) is 25.7 Å². The molecule has 0 radical (unpaired) electrons. The lowest BCUT2D eigenvalue weighted by atomic mass is 9.81. The third-order valence-corrected chi connectivity index (χ3v) is 2.27.